The van der Waals surface area contributed by atoms with E-state index in [0.29, 0.717) is 6.54 Å². The molecular formula is C14H18FNO4. The smallest absolute Gasteiger partial charge is 0.325 e. The average molecular weight is 283 g/mol. The second-order valence-electron chi connectivity index (χ2n) is 3.93. The van der Waals surface area contributed by atoms with Gasteiger partial charge in [0.15, 0.2) is 18.2 Å². The topological polar surface area (TPSA) is 55.8 Å². The number of likely N-dealkylation sites (N-methyl/N-ethyl adjacent to an activating group) is 1. The number of nitrogens with zero attached hydrogens (tertiary/aromatic N) is 1. The highest BCUT2D eigenvalue weighted by atomic mass is 19.1. The lowest BCUT2D eigenvalue weighted by atomic mass is 10.3. The highest BCUT2D eigenvalue weighted by Gasteiger charge is 2.17. The summed E-state index contributed by atoms with van der Waals surface area (Å²) in [4.78, 5) is 24.5. The Morgan fingerprint density at radius 3 is 2.55 bits per heavy atom. The SMILES string of the molecule is CCOC(=O)CN(CC)C(=O)COc1ccccc1F. The maximum atomic E-state index is 13.3. The summed E-state index contributed by atoms with van der Waals surface area (Å²) in [7, 11) is 0. The lowest BCUT2D eigenvalue weighted by Gasteiger charge is -2.19. The Bertz CT molecular complexity index is 464. The summed E-state index contributed by atoms with van der Waals surface area (Å²) in [5.41, 5.74) is 0. The van der Waals surface area contributed by atoms with E-state index in [2.05, 4.69) is 0 Å². The van der Waals surface area contributed by atoms with Crippen LogP contribution in [0.5, 0.6) is 5.75 Å². The minimum Gasteiger partial charge on any atom is -0.481 e. The van der Waals surface area contributed by atoms with Gasteiger partial charge in [0.05, 0.1) is 6.61 Å². The molecule has 0 aliphatic carbocycles. The lowest BCUT2D eigenvalue weighted by Crippen LogP contribution is -2.39. The van der Waals surface area contributed by atoms with E-state index in [1.165, 1.54) is 23.1 Å². The average Bonchev–Trinajstić information content (AvgIpc) is 2.44. The van der Waals surface area contributed by atoms with Gasteiger partial charge in [0, 0.05) is 6.54 Å². The quantitative estimate of drug-likeness (QED) is 0.713. The first-order valence-corrected chi connectivity index (χ1v) is 6.39. The van der Waals surface area contributed by atoms with Gasteiger partial charge in [-0.2, -0.15) is 0 Å². The summed E-state index contributed by atoms with van der Waals surface area (Å²) >= 11 is 0. The van der Waals surface area contributed by atoms with Crippen LogP contribution in [0.15, 0.2) is 24.3 Å². The number of hydrogen-bond acceptors (Lipinski definition) is 4. The third-order valence-corrected chi connectivity index (χ3v) is 2.55. The fourth-order valence-electron chi connectivity index (χ4n) is 1.53. The van der Waals surface area contributed by atoms with E-state index in [1.54, 1.807) is 19.9 Å². The Labute approximate surface area is 117 Å². The van der Waals surface area contributed by atoms with Crippen LogP contribution in [0.4, 0.5) is 4.39 Å². The van der Waals surface area contributed by atoms with E-state index in [0.717, 1.165) is 0 Å². The number of rotatable bonds is 7. The van der Waals surface area contributed by atoms with Crippen LogP contribution >= 0.6 is 0 Å². The van der Waals surface area contributed by atoms with Crippen molar-refractivity contribution in [3.8, 4) is 5.75 Å². The molecule has 0 aromatic heterocycles. The molecule has 0 radical (unpaired) electrons. The summed E-state index contributed by atoms with van der Waals surface area (Å²) < 4.78 is 23.2. The first kappa shape index (κ1) is 15.9. The van der Waals surface area contributed by atoms with Crippen molar-refractivity contribution in [2.45, 2.75) is 13.8 Å². The molecule has 0 heterocycles. The molecule has 0 saturated carbocycles. The van der Waals surface area contributed by atoms with Crippen LogP contribution in [0.1, 0.15) is 13.8 Å². The molecule has 0 aliphatic rings. The molecule has 0 bridgehead atoms. The van der Waals surface area contributed by atoms with E-state index < -0.39 is 17.7 Å². The van der Waals surface area contributed by atoms with Crippen molar-refractivity contribution >= 4 is 11.9 Å². The molecule has 1 aromatic rings. The molecule has 0 N–H and O–H groups in total. The van der Waals surface area contributed by atoms with Gasteiger partial charge in [-0.15, -0.1) is 0 Å². The molecular weight excluding hydrogens is 265 g/mol. The van der Waals surface area contributed by atoms with Crippen molar-refractivity contribution in [1.29, 1.82) is 0 Å². The molecule has 0 saturated heterocycles. The van der Waals surface area contributed by atoms with Gasteiger partial charge >= 0.3 is 5.97 Å². The Morgan fingerprint density at radius 1 is 1.25 bits per heavy atom. The van der Waals surface area contributed by atoms with Gasteiger partial charge < -0.3 is 14.4 Å². The lowest BCUT2D eigenvalue weighted by molar-refractivity contribution is -0.149. The van der Waals surface area contributed by atoms with Crippen molar-refractivity contribution < 1.29 is 23.5 Å². The van der Waals surface area contributed by atoms with Gasteiger partial charge in [-0.1, -0.05) is 12.1 Å². The predicted octanol–water partition coefficient (Wildman–Crippen LogP) is 1.62. The monoisotopic (exact) mass is 283 g/mol. The normalized spacial score (nSPS) is 9.95. The fourth-order valence-corrected chi connectivity index (χ4v) is 1.53. The maximum absolute atomic E-state index is 13.3. The van der Waals surface area contributed by atoms with Crippen LogP contribution in [0.2, 0.25) is 0 Å². The van der Waals surface area contributed by atoms with Gasteiger partial charge in [-0.05, 0) is 26.0 Å². The first-order chi connectivity index (χ1) is 9.58. The van der Waals surface area contributed by atoms with E-state index in [-0.39, 0.29) is 25.5 Å². The summed E-state index contributed by atoms with van der Waals surface area (Å²) in [6.07, 6.45) is 0. The number of hydrogen-bond donors (Lipinski definition) is 0. The fraction of sp³-hybridized carbons (Fsp3) is 0.429. The van der Waals surface area contributed by atoms with E-state index >= 15 is 0 Å². The second kappa shape index (κ2) is 8.14. The van der Waals surface area contributed by atoms with E-state index in [1.807, 2.05) is 0 Å². The molecule has 1 rings (SSSR count). The van der Waals surface area contributed by atoms with Crippen molar-refractivity contribution in [3.63, 3.8) is 0 Å². The van der Waals surface area contributed by atoms with Crippen LogP contribution in [0, 0.1) is 5.82 Å². The summed E-state index contributed by atoms with van der Waals surface area (Å²) in [6.45, 7) is 3.57. The van der Waals surface area contributed by atoms with Crippen molar-refractivity contribution in [1.82, 2.24) is 4.90 Å². The second-order valence-corrected chi connectivity index (χ2v) is 3.93. The minimum absolute atomic E-state index is 0.00744. The Balaban J connectivity index is 2.51. The number of carbonyl (C=O) groups is 2. The number of halogens is 1. The predicted molar refractivity (Wildman–Crippen MR) is 70.8 cm³/mol. The standard InChI is InChI=1S/C14H18FNO4/c1-3-16(9-14(18)19-4-2)13(17)10-20-12-8-6-5-7-11(12)15/h5-8H,3-4,9-10H2,1-2H3. The van der Waals surface area contributed by atoms with Crippen LogP contribution < -0.4 is 4.74 Å². The molecule has 0 spiro atoms. The third-order valence-electron chi connectivity index (χ3n) is 2.55. The van der Waals surface area contributed by atoms with E-state index in [9.17, 15) is 14.0 Å². The molecule has 0 fully saturated rings. The molecule has 5 nitrogen and oxygen atoms in total. The van der Waals surface area contributed by atoms with Gasteiger partial charge in [-0.3, -0.25) is 9.59 Å². The zero-order valence-corrected chi connectivity index (χ0v) is 11.6. The zero-order valence-electron chi connectivity index (χ0n) is 11.6. The summed E-state index contributed by atoms with van der Waals surface area (Å²) in [6, 6.07) is 5.82. The van der Waals surface area contributed by atoms with Crippen LogP contribution in [-0.4, -0.2) is 43.1 Å². The van der Waals surface area contributed by atoms with E-state index in [4.69, 9.17) is 9.47 Å². The molecule has 1 amide bonds. The molecule has 110 valence electrons. The molecule has 6 heteroatoms. The highest BCUT2D eigenvalue weighted by Crippen LogP contribution is 2.15. The first-order valence-electron chi connectivity index (χ1n) is 6.39. The third kappa shape index (κ3) is 4.87. The molecule has 0 unspecified atom stereocenters. The van der Waals surface area contributed by atoms with Crippen LogP contribution in [-0.2, 0) is 14.3 Å². The number of ether oxygens (including phenoxy) is 2. The zero-order chi connectivity index (χ0) is 15.0. The molecule has 0 aliphatic heterocycles. The minimum atomic E-state index is -0.534. The van der Waals surface area contributed by atoms with Crippen LogP contribution in [0.3, 0.4) is 0 Å². The van der Waals surface area contributed by atoms with Gasteiger partial charge in [0.2, 0.25) is 0 Å². The number of para-hydroxylation sites is 1. The number of esters is 1. The van der Waals surface area contributed by atoms with Crippen molar-refractivity contribution in [2.75, 3.05) is 26.3 Å². The molecule has 1 aromatic carbocycles. The number of carbonyl (C=O) groups excluding carboxylic acids is 2. The van der Waals surface area contributed by atoms with Gasteiger partial charge in [0.1, 0.15) is 6.54 Å². The van der Waals surface area contributed by atoms with Crippen molar-refractivity contribution in [2.24, 2.45) is 0 Å². The van der Waals surface area contributed by atoms with Gasteiger partial charge in [-0.25, -0.2) is 4.39 Å². The number of amides is 1. The summed E-state index contributed by atoms with van der Waals surface area (Å²) in [5.74, 6) is -1.40. The maximum Gasteiger partial charge on any atom is 0.325 e. The molecule has 0 atom stereocenters. The Kier molecular flexibility index (Phi) is 6.49. The Hall–Kier alpha value is -2.11. The van der Waals surface area contributed by atoms with Crippen molar-refractivity contribution in [3.05, 3.63) is 30.1 Å². The molecule has 20 heavy (non-hydrogen) atoms. The largest absolute Gasteiger partial charge is 0.481 e. The van der Waals surface area contributed by atoms with Crippen LogP contribution in [0.25, 0.3) is 0 Å². The Morgan fingerprint density at radius 2 is 1.95 bits per heavy atom. The highest BCUT2D eigenvalue weighted by molar-refractivity contribution is 5.83. The summed E-state index contributed by atoms with van der Waals surface area (Å²) in [5, 5.41) is 0. The van der Waals surface area contributed by atoms with Gasteiger partial charge in [0.25, 0.3) is 5.91 Å². The number of benzene rings is 1.